The van der Waals surface area contributed by atoms with Crippen molar-refractivity contribution in [2.75, 3.05) is 5.32 Å². The molecule has 0 fully saturated rings. The van der Waals surface area contributed by atoms with Crippen LogP contribution in [-0.2, 0) is 0 Å². The number of rotatable bonds is 4. The van der Waals surface area contributed by atoms with Gasteiger partial charge in [-0.05, 0) is 88.4 Å². The molecular formula is C47H31BN2S. The Balaban J connectivity index is 1.30. The zero-order valence-electron chi connectivity index (χ0n) is 28.1. The van der Waals surface area contributed by atoms with E-state index >= 15 is 0 Å². The number of thiophene rings is 1. The Kier molecular flexibility index (Phi) is 6.17. The van der Waals surface area contributed by atoms with E-state index in [1.807, 2.05) is 11.3 Å². The number of para-hydroxylation sites is 1. The van der Waals surface area contributed by atoms with Crippen molar-refractivity contribution in [3.8, 4) is 27.9 Å². The fourth-order valence-electron chi connectivity index (χ4n) is 8.52. The minimum atomic E-state index is 0.855. The van der Waals surface area contributed by atoms with Crippen LogP contribution < -0.4 is 16.2 Å². The van der Waals surface area contributed by atoms with E-state index in [1.54, 1.807) is 0 Å². The number of aromatic nitrogens is 1. The minimum Gasteiger partial charge on any atom is -0.355 e. The fourth-order valence-corrected chi connectivity index (χ4v) is 9.67. The first-order valence-electron chi connectivity index (χ1n) is 17.6. The predicted molar refractivity (Wildman–Crippen MR) is 223 cm³/mol. The van der Waals surface area contributed by atoms with Gasteiger partial charge in [0.05, 0.1) is 5.52 Å². The van der Waals surface area contributed by atoms with Crippen LogP contribution in [0.1, 0.15) is 5.56 Å². The van der Waals surface area contributed by atoms with E-state index < -0.39 is 0 Å². The summed E-state index contributed by atoms with van der Waals surface area (Å²) >= 11 is 1.90. The van der Waals surface area contributed by atoms with Crippen LogP contribution in [0.2, 0.25) is 0 Å². The van der Waals surface area contributed by atoms with E-state index in [0.717, 1.165) is 18.7 Å². The molecule has 0 aliphatic carbocycles. The summed E-state index contributed by atoms with van der Waals surface area (Å²) < 4.78 is 5.29. The fraction of sp³-hybridized carbons (Fsp3) is 0.0213. The van der Waals surface area contributed by atoms with E-state index in [2.05, 4.69) is 175 Å². The summed E-state index contributed by atoms with van der Waals surface area (Å²) in [6.07, 6.45) is 0. The second-order valence-corrected chi connectivity index (χ2v) is 14.9. The Morgan fingerprint density at radius 2 is 1.33 bits per heavy atom. The SMILES string of the molecule is Cc1ccc(Nc2ccccc2-c2cc(-c3ccccc3)c3c4c5ccccc5ccc4n4c3c2Bc2cc3sc5ccccc5c3cc2-4)cc1. The lowest BCUT2D eigenvalue weighted by molar-refractivity contribution is 1.20. The molecule has 0 bridgehead atoms. The second-order valence-electron chi connectivity index (χ2n) is 13.8. The van der Waals surface area contributed by atoms with Crippen LogP contribution in [0.15, 0.2) is 158 Å². The first-order chi connectivity index (χ1) is 25.2. The van der Waals surface area contributed by atoms with Crippen molar-refractivity contribution in [1.29, 1.82) is 0 Å². The highest BCUT2D eigenvalue weighted by molar-refractivity contribution is 7.26. The Bertz CT molecular complexity index is 3030. The van der Waals surface area contributed by atoms with E-state index in [0.29, 0.717) is 0 Å². The average molecular weight is 667 g/mol. The third-order valence-corrected chi connectivity index (χ3v) is 12.0. The highest BCUT2D eigenvalue weighted by atomic mass is 32.1. The van der Waals surface area contributed by atoms with Gasteiger partial charge in [-0.25, -0.2) is 0 Å². The molecule has 0 unspecified atom stereocenters. The predicted octanol–water partition coefficient (Wildman–Crippen LogP) is 11.4. The maximum absolute atomic E-state index is 3.79. The summed E-state index contributed by atoms with van der Waals surface area (Å²) in [5.74, 6) is 0. The van der Waals surface area contributed by atoms with Crippen molar-refractivity contribution in [2.24, 2.45) is 0 Å². The van der Waals surface area contributed by atoms with Gasteiger partial charge in [-0.1, -0.05) is 120 Å². The Morgan fingerprint density at radius 3 is 2.22 bits per heavy atom. The number of hydrogen-bond donors (Lipinski definition) is 1. The topological polar surface area (TPSA) is 17.0 Å². The molecule has 0 atom stereocenters. The van der Waals surface area contributed by atoms with Gasteiger partial charge in [0.15, 0.2) is 7.28 Å². The molecule has 1 aliphatic heterocycles. The number of nitrogens with zero attached hydrogens (tertiary/aromatic N) is 1. The van der Waals surface area contributed by atoms with Crippen molar-refractivity contribution >= 4 is 93.7 Å². The maximum Gasteiger partial charge on any atom is 0.198 e. The molecule has 3 heterocycles. The van der Waals surface area contributed by atoms with Gasteiger partial charge in [0.2, 0.25) is 0 Å². The monoisotopic (exact) mass is 666 g/mol. The zero-order chi connectivity index (χ0) is 33.6. The summed E-state index contributed by atoms with van der Waals surface area (Å²) in [5.41, 5.74) is 15.0. The van der Waals surface area contributed by atoms with Crippen LogP contribution in [0, 0.1) is 6.92 Å². The maximum atomic E-state index is 3.79. The van der Waals surface area contributed by atoms with Gasteiger partial charge in [0.25, 0.3) is 0 Å². The largest absolute Gasteiger partial charge is 0.355 e. The molecule has 51 heavy (non-hydrogen) atoms. The van der Waals surface area contributed by atoms with Crippen LogP contribution in [-0.4, -0.2) is 11.8 Å². The molecule has 2 nitrogen and oxygen atoms in total. The lowest BCUT2D eigenvalue weighted by atomic mass is 9.58. The number of hydrogen-bond acceptors (Lipinski definition) is 2. The van der Waals surface area contributed by atoms with Gasteiger partial charge in [-0.15, -0.1) is 11.3 Å². The van der Waals surface area contributed by atoms with Gasteiger partial charge >= 0.3 is 0 Å². The number of anilines is 2. The third kappa shape index (κ3) is 4.30. The van der Waals surface area contributed by atoms with Crippen molar-refractivity contribution in [2.45, 2.75) is 6.92 Å². The molecule has 0 radical (unpaired) electrons. The Morgan fingerprint density at radius 1 is 0.569 bits per heavy atom. The Hall–Kier alpha value is -6.10. The minimum absolute atomic E-state index is 0.855. The van der Waals surface area contributed by atoms with Gasteiger partial charge in [0.1, 0.15) is 0 Å². The smallest absolute Gasteiger partial charge is 0.198 e. The molecule has 8 aromatic carbocycles. The summed E-state index contributed by atoms with van der Waals surface area (Å²) in [5, 5.41) is 11.7. The molecule has 0 saturated heterocycles. The molecule has 1 N–H and O–H groups in total. The molecule has 2 aromatic heterocycles. The highest BCUT2D eigenvalue weighted by Crippen LogP contribution is 2.45. The standard InChI is InChI=1S/C47H31BN2S/c1-28-19-22-31(23-20-28)49-39-17-9-7-15-33(39)37-25-35(29-11-3-2-4-12-29)45-44-32-14-6-5-13-30(32)21-24-40(44)50-41-26-36-34-16-8-10-18-42(34)51-43(36)27-38(41)48-46(37)47(45)50/h2-27,48-49H,1H3. The lowest BCUT2D eigenvalue weighted by Crippen LogP contribution is -2.37. The van der Waals surface area contributed by atoms with Crippen LogP contribution in [0.25, 0.3) is 80.7 Å². The van der Waals surface area contributed by atoms with Crippen LogP contribution in [0.3, 0.4) is 0 Å². The van der Waals surface area contributed by atoms with E-state index in [4.69, 9.17) is 0 Å². The van der Waals surface area contributed by atoms with Crippen LogP contribution in [0.5, 0.6) is 0 Å². The van der Waals surface area contributed by atoms with E-state index in [1.165, 1.54) is 97.2 Å². The Labute approximate surface area is 300 Å². The van der Waals surface area contributed by atoms with Crippen molar-refractivity contribution in [3.05, 3.63) is 163 Å². The lowest BCUT2D eigenvalue weighted by Gasteiger charge is -2.25. The zero-order valence-corrected chi connectivity index (χ0v) is 28.9. The molecule has 1 aliphatic rings. The molecule has 0 amide bonds. The van der Waals surface area contributed by atoms with Crippen molar-refractivity contribution < 1.29 is 0 Å². The number of aryl methyl sites for hydroxylation is 1. The van der Waals surface area contributed by atoms with Gasteiger partial charge < -0.3 is 9.88 Å². The average Bonchev–Trinajstić information content (AvgIpc) is 3.72. The summed E-state index contributed by atoms with van der Waals surface area (Å²) in [6, 6.07) is 58.3. The first kappa shape index (κ1) is 28.7. The van der Waals surface area contributed by atoms with Crippen molar-refractivity contribution in [1.82, 2.24) is 4.57 Å². The van der Waals surface area contributed by atoms with Crippen LogP contribution in [0.4, 0.5) is 11.4 Å². The summed E-state index contributed by atoms with van der Waals surface area (Å²) in [6.45, 7) is 2.13. The third-order valence-electron chi connectivity index (χ3n) is 10.8. The number of fused-ring (bicyclic) bond motifs is 10. The summed E-state index contributed by atoms with van der Waals surface area (Å²) in [7, 11) is 0.855. The second kappa shape index (κ2) is 11.0. The van der Waals surface area contributed by atoms with E-state index in [-0.39, 0.29) is 0 Å². The molecule has 238 valence electrons. The molecule has 0 saturated carbocycles. The molecule has 10 aromatic rings. The van der Waals surface area contributed by atoms with Gasteiger partial charge in [0, 0.05) is 59.1 Å². The van der Waals surface area contributed by atoms with E-state index in [9.17, 15) is 0 Å². The normalized spacial score (nSPS) is 12.2. The van der Waals surface area contributed by atoms with Gasteiger partial charge in [-0.3, -0.25) is 0 Å². The number of nitrogens with one attached hydrogen (secondary N) is 1. The first-order valence-corrected chi connectivity index (χ1v) is 18.5. The molecule has 4 heteroatoms. The number of benzene rings is 8. The van der Waals surface area contributed by atoms with Crippen molar-refractivity contribution in [3.63, 3.8) is 0 Å². The molecule has 0 spiro atoms. The van der Waals surface area contributed by atoms with Crippen LogP contribution >= 0.6 is 11.3 Å². The van der Waals surface area contributed by atoms with Gasteiger partial charge in [-0.2, -0.15) is 0 Å². The molecule has 11 rings (SSSR count). The molecular weight excluding hydrogens is 635 g/mol. The quantitative estimate of drug-likeness (QED) is 0.185. The highest BCUT2D eigenvalue weighted by Gasteiger charge is 2.30. The summed E-state index contributed by atoms with van der Waals surface area (Å²) in [4.78, 5) is 0.